The van der Waals surface area contributed by atoms with Gasteiger partial charge in [0, 0.05) is 22.7 Å². The van der Waals surface area contributed by atoms with Gasteiger partial charge >= 0.3 is 0 Å². The third-order valence-electron chi connectivity index (χ3n) is 4.08. The molecule has 1 aliphatic rings. The molecule has 0 atom stereocenters. The molecule has 0 saturated heterocycles. The maximum atomic E-state index is 12.2. The van der Waals surface area contributed by atoms with E-state index in [1.807, 2.05) is 36.4 Å². The minimum atomic E-state index is -0.0204. The van der Waals surface area contributed by atoms with E-state index in [0.717, 1.165) is 33.6 Å². The molecule has 2 aromatic carbocycles. The number of thiazole rings is 1. The van der Waals surface area contributed by atoms with Crippen LogP contribution in [-0.4, -0.2) is 22.7 Å². The van der Waals surface area contributed by atoms with Crippen LogP contribution >= 0.6 is 11.3 Å². The number of amides is 1. The van der Waals surface area contributed by atoms with Gasteiger partial charge in [-0.05, 0) is 44.0 Å². The van der Waals surface area contributed by atoms with E-state index in [2.05, 4.69) is 10.3 Å². The van der Waals surface area contributed by atoms with Crippen LogP contribution in [0.15, 0.2) is 42.5 Å². The molecule has 120 valence electrons. The Bertz CT molecular complexity index is 957. The number of carbonyl (C=O) groups is 2. The summed E-state index contributed by atoms with van der Waals surface area (Å²) in [4.78, 5) is 28.4. The summed E-state index contributed by atoms with van der Waals surface area (Å²) in [6.45, 7) is 1.56. The molecule has 4 nitrogen and oxygen atoms in total. The minimum absolute atomic E-state index is 0.0204. The van der Waals surface area contributed by atoms with Crippen LogP contribution in [0, 0.1) is 0 Å². The summed E-state index contributed by atoms with van der Waals surface area (Å²) in [5.74, 6) is 0.0184. The summed E-state index contributed by atoms with van der Waals surface area (Å²) < 4.78 is 0.974. The molecule has 1 aromatic heterocycles. The van der Waals surface area contributed by atoms with Gasteiger partial charge in [-0.3, -0.25) is 9.59 Å². The van der Waals surface area contributed by atoms with Crippen molar-refractivity contribution in [2.45, 2.75) is 25.8 Å². The van der Waals surface area contributed by atoms with E-state index >= 15 is 0 Å². The molecule has 1 fully saturated rings. The smallest absolute Gasteiger partial charge is 0.251 e. The number of fused-ring (bicyclic) bond motifs is 1. The van der Waals surface area contributed by atoms with Gasteiger partial charge in [-0.1, -0.05) is 18.2 Å². The van der Waals surface area contributed by atoms with Crippen LogP contribution in [0.4, 0.5) is 0 Å². The summed E-state index contributed by atoms with van der Waals surface area (Å²) >= 11 is 1.53. The zero-order valence-corrected chi connectivity index (χ0v) is 14.0. The molecule has 1 amide bonds. The predicted octanol–water partition coefficient (Wildman–Crippen LogP) is 4.06. The zero-order chi connectivity index (χ0) is 16.7. The minimum Gasteiger partial charge on any atom is -0.349 e. The number of ketones is 1. The third-order valence-corrected chi connectivity index (χ3v) is 5.15. The molecule has 0 radical (unpaired) electrons. The molecular weight excluding hydrogens is 320 g/mol. The number of nitrogens with one attached hydrogen (secondary N) is 1. The van der Waals surface area contributed by atoms with E-state index in [4.69, 9.17) is 0 Å². The Hall–Kier alpha value is -2.53. The fourth-order valence-electron chi connectivity index (χ4n) is 2.56. The van der Waals surface area contributed by atoms with Gasteiger partial charge in [0.15, 0.2) is 5.78 Å². The molecular formula is C19H16N2O2S. The highest BCUT2D eigenvalue weighted by molar-refractivity contribution is 7.21. The van der Waals surface area contributed by atoms with Crippen molar-refractivity contribution in [3.63, 3.8) is 0 Å². The molecule has 0 unspecified atom stereocenters. The summed E-state index contributed by atoms with van der Waals surface area (Å²) in [7, 11) is 0. The molecule has 0 bridgehead atoms. The summed E-state index contributed by atoms with van der Waals surface area (Å²) in [6.07, 6.45) is 2.15. The van der Waals surface area contributed by atoms with E-state index in [1.54, 1.807) is 13.0 Å². The van der Waals surface area contributed by atoms with Crippen LogP contribution in [-0.2, 0) is 0 Å². The van der Waals surface area contributed by atoms with Crippen molar-refractivity contribution in [2.24, 2.45) is 0 Å². The second-order valence-corrected chi connectivity index (χ2v) is 7.12. The Balaban J connectivity index is 1.68. The van der Waals surface area contributed by atoms with Crippen molar-refractivity contribution in [3.05, 3.63) is 53.6 Å². The van der Waals surface area contributed by atoms with E-state index in [1.165, 1.54) is 11.3 Å². The van der Waals surface area contributed by atoms with E-state index in [9.17, 15) is 9.59 Å². The van der Waals surface area contributed by atoms with Gasteiger partial charge in [-0.15, -0.1) is 11.3 Å². The van der Waals surface area contributed by atoms with E-state index in [-0.39, 0.29) is 11.7 Å². The SMILES string of the molecule is CC(=O)c1cccc(-c2nc3ccc(C(=O)NC4CC4)cc3s2)c1. The highest BCUT2D eigenvalue weighted by Gasteiger charge is 2.24. The van der Waals surface area contributed by atoms with Gasteiger partial charge in [0.25, 0.3) is 5.91 Å². The predicted molar refractivity (Wildman–Crippen MR) is 95.5 cm³/mol. The van der Waals surface area contributed by atoms with Crippen LogP contribution in [0.1, 0.15) is 40.5 Å². The largest absolute Gasteiger partial charge is 0.349 e. The van der Waals surface area contributed by atoms with Crippen LogP contribution in [0.5, 0.6) is 0 Å². The second kappa shape index (κ2) is 5.83. The number of benzene rings is 2. The zero-order valence-electron chi connectivity index (χ0n) is 13.2. The Labute approximate surface area is 143 Å². The van der Waals surface area contributed by atoms with Crippen LogP contribution in [0.2, 0.25) is 0 Å². The van der Waals surface area contributed by atoms with Crippen molar-refractivity contribution < 1.29 is 9.59 Å². The Morgan fingerprint density at radius 3 is 2.71 bits per heavy atom. The molecule has 4 rings (SSSR count). The van der Waals surface area contributed by atoms with Gasteiger partial charge < -0.3 is 5.32 Å². The van der Waals surface area contributed by atoms with E-state index < -0.39 is 0 Å². The van der Waals surface area contributed by atoms with E-state index in [0.29, 0.717) is 17.2 Å². The summed E-state index contributed by atoms with van der Waals surface area (Å²) in [6, 6.07) is 13.4. The van der Waals surface area contributed by atoms with Gasteiger partial charge in [-0.2, -0.15) is 0 Å². The molecule has 5 heteroatoms. The first-order valence-electron chi connectivity index (χ1n) is 7.93. The van der Waals surface area contributed by atoms with Crippen LogP contribution < -0.4 is 5.32 Å². The second-order valence-electron chi connectivity index (χ2n) is 6.09. The highest BCUT2D eigenvalue weighted by Crippen LogP contribution is 2.31. The fourth-order valence-corrected chi connectivity index (χ4v) is 3.56. The number of hydrogen-bond donors (Lipinski definition) is 1. The van der Waals surface area contributed by atoms with Gasteiger partial charge in [0.1, 0.15) is 5.01 Å². The van der Waals surface area contributed by atoms with Crippen molar-refractivity contribution in [3.8, 4) is 10.6 Å². The Morgan fingerprint density at radius 2 is 1.96 bits per heavy atom. The summed E-state index contributed by atoms with van der Waals surface area (Å²) in [5.41, 5.74) is 3.14. The number of rotatable bonds is 4. The monoisotopic (exact) mass is 336 g/mol. The lowest BCUT2D eigenvalue weighted by Gasteiger charge is -2.02. The number of hydrogen-bond acceptors (Lipinski definition) is 4. The number of aromatic nitrogens is 1. The van der Waals surface area contributed by atoms with Crippen molar-refractivity contribution in [1.29, 1.82) is 0 Å². The molecule has 3 aromatic rings. The van der Waals surface area contributed by atoms with Gasteiger partial charge in [0.2, 0.25) is 0 Å². The molecule has 1 saturated carbocycles. The maximum absolute atomic E-state index is 12.2. The third kappa shape index (κ3) is 2.95. The van der Waals surface area contributed by atoms with Crippen LogP contribution in [0.3, 0.4) is 0 Å². The number of carbonyl (C=O) groups excluding carboxylic acids is 2. The van der Waals surface area contributed by atoms with Crippen LogP contribution in [0.25, 0.3) is 20.8 Å². The average molecular weight is 336 g/mol. The quantitative estimate of drug-likeness (QED) is 0.731. The standard InChI is InChI=1S/C19H16N2O2S/c1-11(22)12-3-2-4-14(9-12)19-21-16-8-5-13(10-17(16)24-19)18(23)20-15-6-7-15/h2-5,8-10,15H,6-7H2,1H3,(H,20,23). The number of Topliss-reactive ketones (excluding diaryl/α,β-unsaturated/α-hetero) is 1. The molecule has 1 heterocycles. The van der Waals surface area contributed by atoms with Crippen molar-refractivity contribution in [2.75, 3.05) is 0 Å². The first kappa shape index (κ1) is 15.0. The molecule has 0 spiro atoms. The summed E-state index contributed by atoms with van der Waals surface area (Å²) in [5, 5.41) is 3.86. The molecule has 1 aliphatic carbocycles. The maximum Gasteiger partial charge on any atom is 0.251 e. The lowest BCUT2D eigenvalue weighted by Crippen LogP contribution is -2.25. The van der Waals surface area contributed by atoms with Gasteiger partial charge in [0.05, 0.1) is 10.2 Å². The van der Waals surface area contributed by atoms with Crippen molar-refractivity contribution >= 4 is 33.2 Å². The van der Waals surface area contributed by atoms with Crippen molar-refractivity contribution in [1.82, 2.24) is 10.3 Å². The number of nitrogens with zero attached hydrogens (tertiary/aromatic N) is 1. The first-order chi connectivity index (χ1) is 11.6. The lowest BCUT2D eigenvalue weighted by molar-refractivity contribution is 0.0950. The Kier molecular flexibility index (Phi) is 3.65. The normalized spacial score (nSPS) is 13.9. The topological polar surface area (TPSA) is 59.1 Å². The Morgan fingerprint density at radius 1 is 1.12 bits per heavy atom. The lowest BCUT2D eigenvalue weighted by atomic mass is 10.1. The average Bonchev–Trinajstić information content (AvgIpc) is 3.29. The highest BCUT2D eigenvalue weighted by atomic mass is 32.1. The fraction of sp³-hybridized carbons (Fsp3) is 0.211. The molecule has 24 heavy (non-hydrogen) atoms. The van der Waals surface area contributed by atoms with Gasteiger partial charge in [-0.25, -0.2) is 4.98 Å². The molecule has 0 aliphatic heterocycles. The molecule has 1 N–H and O–H groups in total. The first-order valence-corrected chi connectivity index (χ1v) is 8.74.